The van der Waals surface area contributed by atoms with Crippen molar-refractivity contribution in [3.63, 3.8) is 0 Å². The third-order valence-corrected chi connectivity index (χ3v) is 3.45. The number of ether oxygens (including phenoxy) is 1. The molecule has 0 aliphatic rings. The van der Waals surface area contributed by atoms with Crippen molar-refractivity contribution in [1.82, 2.24) is 10.2 Å². The van der Waals surface area contributed by atoms with E-state index in [1.807, 2.05) is 48.5 Å². The van der Waals surface area contributed by atoms with E-state index in [1.54, 1.807) is 7.11 Å². The molecule has 2 aromatic carbocycles. The maximum absolute atomic E-state index is 5.93. The predicted molar refractivity (Wildman–Crippen MR) is 77.9 cm³/mol. The zero-order chi connectivity index (χ0) is 13.5. The lowest BCUT2D eigenvalue weighted by atomic mass is 10.1. The molecule has 0 fully saturated rings. The fourth-order valence-corrected chi connectivity index (χ4v) is 2.51. The van der Waals surface area contributed by atoms with E-state index in [0.29, 0.717) is 0 Å². The normalized spacial score (nSPS) is 11.2. The molecule has 1 N–H and O–H groups in total. The fraction of sp³-hybridized carbons (Fsp3) is 0.0625. The summed E-state index contributed by atoms with van der Waals surface area (Å²) in [6.07, 6.45) is 0. The summed E-state index contributed by atoms with van der Waals surface area (Å²) in [7, 11) is 1.65. The number of nitrogens with zero attached hydrogens (tertiary/aromatic N) is 1. The SMILES string of the molecule is COc1ccccc1-c1n[nH]c2c1oc1ccccc12. The van der Waals surface area contributed by atoms with Gasteiger partial charge in [0.25, 0.3) is 0 Å². The van der Waals surface area contributed by atoms with Gasteiger partial charge < -0.3 is 9.15 Å². The van der Waals surface area contributed by atoms with E-state index in [4.69, 9.17) is 9.15 Å². The van der Waals surface area contributed by atoms with Crippen LogP contribution in [0.15, 0.2) is 52.9 Å². The molecule has 2 heterocycles. The number of fused-ring (bicyclic) bond motifs is 3. The molecule has 0 aliphatic heterocycles. The molecule has 2 aromatic heterocycles. The number of hydrogen-bond acceptors (Lipinski definition) is 3. The average Bonchev–Trinajstić information content (AvgIpc) is 3.06. The van der Waals surface area contributed by atoms with Crippen LogP contribution < -0.4 is 4.74 Å². The monoisotopic (exact) mass is 264 g/mol. The van der Waals surface area contributed by atoms with E-state index < -0.39 is 0 Å². The van der Waals surface area contributed by atoms with Crippen molar-refractivity contribution in [3.05, 3.63) is 48.5 Å². The molecule has 4 nitrogen and oxygen atoms in total. The van der Waals surface area contributed by atoms with E-state index in [1.165, 1.54) is 0 Å². The van der Waals surface area contributed by atoms with E-state index in [0.717, 1.165) is 39.1 Å². The van der Waals surface area contributed by atoms with Gasteiger partial charge in [0.05, 0.1) is 7.11 Å². The van der Waals surface area contributed by atoms with Crippen LogP contribution in [0.1, 0.15) is 0 Å². The summed E-state index contributed by atoms with van der Waals surface area (Å²) in [4.78, 5) is 0. The first-order valence-corrected chi connectivity index (χ1v) is 6.37. The fourth-order valence-electron chi connectivity index (χ4n) is 2.51. The van der Waals surface area contributed by atoms with Crippen LogP contribution in [-0.2, 0) is 0 Å². The molecule has 4 rings (SSSR count). The molecule has 0 unspecified atom stereocenters. The molecule has 0 bridgehead atoms. The van der Waals surface area contributed by atoms with E-state index in [9.17, 15) is 0 Å². The van der Waals surface area contributed by atoms with Crippen LogP contribution in [-0.4, -0.2) is 17.3 Å². The van der Waals surface area contributed by atoms with Crippen molar-refractivity contribution < 1.29 is 9.15 Å². The third kappa shape index (κ3) is 1.45. The van der Waals surface area contributed by atoms with E-state index in [-0.39, 0.29) is 0 Å². The number of furan rings is 1. The first-order chi connectivity index (χ1) is 9.88. The van der Waals surface area contributed by atoms with Gasteiger partial charge in [-0.3, -0.25) is 5.10 Å². The van der Waals surface area contributed by atoms with E-state index >= 15 is 0 Å². The predicted octanol–water partition coefficient (Wildman–Crippen LogP) is 3.98. The molecule has 4 heteroatoms. The summed E-state index contributed by atoms with van der Waals surface area (Å²) in [6, 6.07) is 15.7. The standard InChI is InChI=1S/C16H12N2O2/c1-19-12-8-4-2-6-10(12)14-16-15(18-17-14)11-7-3-5-9-13(11)20-16/h2-9H,1H3,(H,17,18). The Kier molecular flexibility index (Phi) is 2.29. The number of aromatic nitrogens is 2. The Morgan fingerprint density at radius 1 is 1.05 bits per heavy atom. The van der Waals surface area contributed by atoms with Gasteiger partial charge in [0, 0.05) is 10.9 Å². The molecule has 0 saturated heterocycles. The van der Waals surface area contributed by atoms with Gasteiger partial charge in [0.1, 0.15) is 22.5 Å². The van der Waals surface area contributed by atoms with Gasteiger partial charge in [-0.2, -0.15) is 5.10 Å². The van der Waals surface area contributed by atoms with Gasteiger partial charge in [-0.25, -0.2) is 0 Å². The van der Waals surface area contributed by atoms with Gasteiger partial charge in [0.15, 0.2) is 5.58 Å². The average molecular weight is 264 g/mol. The molecule has 98 valence electrons. The Labute approximate surface area is 115 Å². The van der Waals surface area contributed by atoms with Crippen molar-refractivity contribution in [3.8, 4) is 17.0 Å². The molecule has 0 saturated carbocycles. The number of nitrogens with one attached hydrogen (secondary N) is 1. The van der Waals surface area contributed by atoms with Gasteiger partial charge in [-0.15, -0.1) is 0 Å². The number of hydrogen-bond donors (Lipinski definition) is 1. The second-order valence-corrected chi connectivity index (χ2v) is 4.57. The molecule has 4 aromatic rings. The number of H-pyrrole nitrogens is 1. The summed E-state index contributed by atoms with van der Waals surface area (Å²) < 4.78 is 11.3. The molecule has 0 aliphatic carbocycles. The Morgan fingerprint density at radius 2 is 1.85 bits per heavy atom. The quantitative estimate of drug-likeness (QED) is 0.595. The maximum atomic E-state index is 5.93. The second kappa shape index (κ2) is 4.13. The van der Waals surface area contributed by atoms with Crippen molar-refractivity contribution in [2.24, 2.45) is 0 Å². The van der Waals surface area contributed by atoms with Crippen molar-refractivity contribution in [1.29, 1.82) is 0 Å². The number of benzene rings is 2. The molecular weight excluding hydrogens is 252 g/mol. The zero-order valence-corrected chi connectivity index (χ0v) is 10.9. The lowest BCUT2D eigenvalue weighted by Crippen LogP contribution is -1.87. The molecule has 0 spiro atoms. The zero-order valence-electron chi connectivity index (χ0n) is 10.9. The lowest BCUT2D eigenvalue weighted by Gasteiger charge is -2.04. The highest BCUT2D eigenvalue weighted by Crippen LogP contribution is 2.37. The molecule has 0 amide bonds. The molecule has 20 heavy (non-hydrogen) atoms. The number of para-hydroxylation sites is 2. The second-order valence-electron chi connectivity index (χ2n) is 4.57. The van der Waals surface area contributed by atoms with Crippen LogP contribution in [0.25, 0.3) is 33.3 Å². The Bertz CT molecular complexity index is 905. The smallest absolute Gasteiger partial charge is 0.181 e. The van der Waals surface area contributed by atoms with Crippen LogP contribution in [0, 0.1) is 0 Å². The first-order valence-electron chi connectivity index (χ1n) is 6.37. The number of methoxy groups -OCH3 is 1. The molecule has 0 radical (unpaired) electrons. The van der Waals surface area contributed by atoms with Crippen LogP contribution in [0.3, 0.4) is 0 Å². The lowest BCUT2D eigenvalue weighted by molar-refractivity contribution is 0.416. The molecular formula is C16H12N2O2. The topological polar surface area (TPSA) is 51.0 Å². The first kappa shape index (κ1) is 11.1. The van der Waals surface area contributed by atoms with Crippen molar-refractivity contribution >= 4 is 22.1 Å². The van der Waals surface area contributed by atoms with E-state index in [2.05, 4.69) is 10.2 Å². The summed E-state index contributed by atoms with van der Waals surface area (Å²) in [5.41, 5.74) is 4.22. The Hall–Kier alpha value is -2.75. The summed E-state index contributed by atoms with van der Waals surface area (Å²) >= 11 is 0. The summed E-state index contributed by atoms with van der Waals surface area (Å²) in [5, 5.41) is 8.49. The Balaban J connectivity index is 2.05. The highest BCUT2D eigenvalue weighted by molar-refractivity contribution is 6.07. The highest BCUT2D eigenvalue weighted by atomic mass is 16.5. The van der Waals surface area contributed by atoms with Gasteiger partial charge >= 0.3 is 0 Å². The van der Waals surface area contributed by atoms with Crippen molar-refractivity contribution in [2.45, 2.75) is 0 Å². The Morgan fingerprint density at radius 3 is 2.75 bits per heavy atom. The number of rotatable bonds is 2. The third-order valence-electron chi connectivity index (χ3n) is 3.45. The van der Waals surface area contributed by atoms with Crippen LogP contribution >= 0.6 is 0 Å². The summed E-state index contributed by atoms with van der Waals surface area (Å²) in [5.74, 6) is 0.779. The van der Waals surface area contributed by atoms with Gasteiger partial charge in [0.2, 0.25) is 0 Å². The van der Waals surface area contributed by atoms with Gasteiger partial charge in [-0.05, 0) is 24.3 Å². The number of aromatic amines is 1. The van der Waals surface area contributed by atoms with Crippen LogP contribution in [0.2, 0.25) is 0 Å². The maximum Gasteiger partial charge on any atom is 0.181 e. The van der Waals surface area contributed by atoms with Crippen molar-refractivity contribution in [2.75, 3.05) is 7.11 Å². The molecule has 0 atom stereocenters. The van der Waals surface area contributed by atoms with Gasteiger partial charge in [-0.1, -0.05) is 24.3 Å². The minimum Gasteiger partial charge on any atom is -0.496 e. The minimum absolute atomic E-state index is 0.760. The van der Waals surface area contributed by atoms with Crippen LogP contribution in [0.4, 0.5) is 0 Å². The minimum atomic E-state index is 0.760. The highest BCUT2D eigenvalue weighted by Gasteiger charge is 2.17. The van der Waals surface area contributed by atoms with Crippen LogP contribution in [0.5, 0.6) is 5.75 Å². The largest absolute Gasteiger partial charge is 0.496 e. The summed E-state index contributed by atoms with van der Waals surface area (Å²) in [6.45, 7) is 0.